The quantitative estimate of drug-likeness (QED) is 0.309. The van der Waals surface area contributed by atoms with Crippen LogP contribution in [0, 0.1) is 0 Å². The Labute approximate surface area is 195 Å². The first kappa shape index (κ1) is 22.6. The first-order valence-electron chi connectivity index (χ1n) is 11.4. The zero-order chi connectivity index (χ0) is 22.7. The fourth-order valence-corrected chi connectivity index (χ4v) is 3.90. The molecule has 1 heterocycles. The molecule has 0 N–H and O–H groups in total. The molecular weight excluding hydrogens is 408 g/mol. The Morgan fingerprint density at radius 1 is 0.667 bits per heavy atom. The molecule has 168 valence electrons. The van der Waals surface area contributed by atoms with E-state index in [1.54, 1.807) is 10.6 Å². The maximum atomic E-state index is 12.9. The molecule has 3 aromatic carbocycles. The van der Waals surface area contributed by atoms with E-state index in [1.807, 2.05) is 54.7 Å². The summed E-state index contributed by atoms with van der Waals surface area (Å²) in [6.45, 7) is 3.70. The SMILES string of the molecule is O=c1c(OCc2ccccc2)cccn1CCCN(Cc1ccccc1)Cc1ccccc1. The minimum atomic E-state index is -0.0777. The molecule has 0 unspecified atom stereocenters. The van der Waals surface area contributed by atoms with Gasteiger partial charge < -0.3 is 9.30 Å². The van der Waals surface area contributed by atoms with Gasteiger partial charge in [0.1, 0.15) is 6.61 Å². The van der Waals surface area contributed by atoms with E-state index in [1.165, 1.54) is 11.1 Å². The molecule has 0 saturated heterocycles. The van der Waals surface area contributed by atoms with Crippen LogP contribution in [-0.2, 0) is 26.2 Å². The van der Waals surface area contributed by atoms with E-state index in [9.17, 15) is 4.79 Å². The summed E-state index contributed by atoms with van der Waals surface area (Å²) in [7, 11) is 0. The van der Waals surface area contributed by atoms with Crippen molar-refractivity contribution in [2.24, 2.45) is 0 Å². The molecule has 0 atom stereocenters. The van der Waals surface area contributed by atoms with Gasteiger partial charge in [-0.05, 0) is 35.2 Å². The van der Waals surface area contributed by atoms with Gasteiger partial charge in [0.05, 0.1) is 0 Å². The second-order valence-electron chi connectivity index (χ2n) is 8.18. The molecule has 0 radical (unpaired) electrons. The first-order valence-corrected chi connectivity index (χ1v) is 11.4. The van der Waals surface area contributed by atoms with E-state index in [2.05, 4.69) is 53.4 Å². The van der Waals surface area contributed by atoms with Gasteiger partial charge in [-0.1, -0.05) is 91.0 Å². The van der Waals surface area contributed by atoms with Gasteiger partial charge >= 0.3 is 0 Å². The van der Waals surface area contributed by atoms with Gasteiger partial charge in [-0.25, -0.2) is 0 Å². The molecule has 0 bridgehead atoms. The van der Waals surface area contributed by atoms with E-state index >= 15 is 0 Å². The van der Waals surface area contributed by atoms with Crippen molar-refractivity contribution in [3.05, 3.63) is 136 Å². The van der Waals surface area contributed by atoms with E-state index in [4.69, 9.17) is 4.74 Å². The maximum absolute atomic E-state index is 12.9. The molecule has 4 rings (SSSR count). The Bertz CT molecular complexity index is 1120. The zero-order valence-corrected chi connectivity index (χ0v) is 18.8. The highest BCUT2D eigenvalue weighted by Gasteiger charge is 2.09. The zero-order valence-electron chi connectivity index (χ0n) is 18.8. The number of benzene rings is 3. The number of pyridine rings is 1. The highest BCUT2D eigenvalue weighted by molar-refractivity contribution is 5.20. The molecule has 0 aliphatic heterocycles. The first-order chi connectivity index (χ1) is 16.3. The average Bonchev–Trinajstić information content (AvgIpc) is 2.86. The Balaban J connectivity index is 1.37. The van der Waals surface area contributed by atoms with Crippen LogP contribution < -0.4 is 10.3 Å². The molecule has 0 saturated carbocycles. The number of nitrogens with zero attached hydrogens (tertiary/aromatic N) is 2. The molecule has 4 nitrogen and oxygen atoms in total. The van der Waals surface area contributed by atoms with Gasteiger partial charge in [-0.3, -0.25) is 9.69 Å². The topological polar surface area (TPSA) is 34.5 Å². The predicted octanol–water partition coefficient (Wildman–Crippen LogP) is 5.52. The van der Waals surface area contributed by atoms with Crippen molar-refractivity contribution in [2.75, 3.05) is 6.54 Å². The second-order valence-corrected chi connectivity index (χ2v) is 8.18. The number of aryl methyl sites for hydroxylation is 1. The van der Waals surface area contributed by atoms with Gasteiger partial charge in [0.15, 0.2) is 5.75 Å². The summed E-state index contributed by atoms with van der Waals surface area (Å²) in [5.41, 5.74) is 3.56. The van der Waals surface area contributed by atoms with Crippen molar-refractivity contribution in [3.8, 4) is 5.75 Å². The summed E-state index contributed by atoms with van der Waals surface area (Å²) in [6.07, 6.45) is 2.72. The summed E-state index contributed by atoms with van der Waals surface area (Å²) >= 11 is 0. The minimum absolute atomic E-state index is 0.0777. The Morgan fingerprint density at radius 2 is 1.21 bits per heavy atom. The molecule has 0 amide bonds. The molecule has 4 heteroatoms. The molecule has 0 spiro atoms. The van der Waals surface area contributed by atoms with Crippen LogP contribution in [0.4, 0.5) is 0 Å². The molecule has 1 aromatic heterocycles. The van der Waals surface area contributed by atoms with Crippen LogP contribution in [0.5, 0.6) is 5.75 Å². The summed E-state index contributed by atoms with van der Waals surface area (Å²) in [4.78, 5) is 15.3. The number of hydrogen-bond acceptors (Lipinski definition) is 3. The minimum Gasteiger partial charge on any atom is -0.483 e. The average molecular weight is 439 g/mol. The predicted molar refractivity (Wildman–Crippen MR) is 133 cm³/mol. The van der Waals surface area contributed by atoms with Crippen molar-refractivity contribution < 1.29 is 4.74 Å². The third-order valence-corrected chi connectivity index (χ3v) is 5.59. The summed E-state index contributed by atoms with van der Waals surface area (Å²) < 4.78 is 7.56. The van der Waals surface area contributed by atoms with Crippen molar-refractivity contribution in [3.63, 3.8) is 0 Å². The summed E-state index contributed by atoms with van der Waals surface area (Å²) in [5.74, 6) is 0.395. The summed E-state index contributed by atoms with van der Waals surface area (Å²) in [5, 5.41) is 0. The molecule has 0 aliphatic carbocycles. The van der Waals surface area contributed by atoms with Gasteiger partial charge in [0.25, 0.3) is 5.56 Å². The van der Waals surface area contributed by atoms with E-state index in [-0.39, 0.29) is 5.56 Å². The van der Waals surface area contributed by atoms with Crippen LogP contribution in [-0.4, -0.2) is 16.0 Å². The van der Waals surface area contributed by atoms with Gasteiger partial charge in [0, 0.05) is 32.4 Å². The third kappa shape index (κ3) is 6.93. The standard InChI is InChI=1S/C29H30N2O2/c32-29-28(33-24-27-16-8-3-9-17-27)18-10-20-31(29)21-11-19-30(22-25-12-4-1-5-13-25)23-26-14-6-2-7-15-26/h1-10,12-18,20H,11,19,21-24H2. The fourth-order valence-electron chi connectivity index (χ4n) is 3.90. The number of rotatable bonds is 11. The second kappa shape index (κ2) is 11.8. The highest BCUT2D eigenvalue weighted by Crippen LogP contribution is 2.12. The number of hydrogen-bond donors (Lipinski definition) is 0. The lowest BCUT2D eigenvalue weighted by Gasteiger charge is -2.23. The molecule has 4 aromatic rings. The van der Waals surface area contributed by atoms with Gasteiger partial charge in [-0.2, -0.15) is 0 Å². The van der Waals surface area contributed by atoms with Crippen LogP contribution in [0.1, 0.15) is 23.1 Å². The van der Waals surface area contributed by atoms with E-state index in [0.29, 0.717) is 18.9 Å². The van der Waals surface area contributed by atoms with Crippen molar-refractivity contribution in [1.82, 2.24) is 9.47 Å². The molecular formula is C29H30N2O2. The van der Waals surface area contributed by atoms with Gasteiger partial charge in [-0.15, -0.1) is 0 Å². The van der Waals surface area contributed by atoms with Crippen LogP contribution in [0.15, 0.2) is 114 Å². The normalized spacial score (nSPS) is 10.9. The highest BCUT2D eigenvalue weighted by atomic mass is 16.5. The molecule has 0 aliphatic rings. The number of ether oxygens (including phenoxy) is 1. The molecule has 33 heavy (non-hydrogen) atoms. The van der Waals surface area contributed by atoms with Crippen molar-refractivity contribution in [1.29, 1.82) is 0 Å². The lowest BCUT2D eigenvalue weighted by Crippen LogP contribution is -2.27. The van der Waals surface area contributed by atoms with Crippen molar-refractivity contribution in [2.45, 2.75) is 32.7 Å². The maximum Gasteiger partial charge on any atom is 0.292 e. The van der Waals surface area contributed by atoms with Crippen LogP contribution in [0.25, 0.3) is 0 Å². The van der Waals surface area contributed by atoms with Crippen molar-refractivity contribution >= 4 is 0 Å². The van der Waals surface area contributed by atoms with E-state index in [0.717, 1.165) is 31.6 Å². The lowest BCUT2D eigenvalue weighted by molar-refractivity contribution is 0.247. The Kier molecular flexibility index (Phi) is 8.09. The van der Waals surface area contributed by atoms with Crippen LogP contribution in [0.3, 0.4) is 0 Å². The third-order valence-electron chi connectivity index (χ3n) is 5.59. The fraction of sp³-hybridized carbons (Fsp3) is 0.207. The van der Waals surface area contributed by atoms with Gasteiger partial charge in [0.2, 0.25) is 0 Å². The largest absolute Gasteiger partial charge is 0.483 e. The summed E-state index contributed by atoms with van der Waals surface area (Å²) in [6, 6.07) is 34.6. The Hall–Kier alpha value is -3.63. The van der Waals surface area contributed by atoms with Crippen LogP contribution >= 0.6 is 0 Å². The van der Waals surface area contributed by atoms with Crippen LogP contribution in [0.2, 0.25) is 0 Å². The smallest absolute Gasteiger partial charge is 0.292 e. The lowest BCUT2D eigenvalue weighted by atomic mass is 10.1. The molecule has 0 fully saturated rings. The van der Waals surface area contributed by atoms with E-state index < -0.39 is 0 Å². The Morgan fingerprint density at radius 3 is 1.79 bits per heavy atom. The monoisotopic (exact) mass is 438 g/mol. The number of aromatic nitrogens is 1.